The molecule has 0 spiro atoms. The van der Waals surface area contributed by atoms with E-state index >= 15 is 0 Å². The number of hydrogen-bond donors (Lipinski definition) is 1. The number of carbonyl (C=O) groups is 1. The van der Waals surface area contributed by atoms with Crippen LogP contribution in [0.15, 0.2) is 59.5 Å². The van der Waals surface area contributed by atoms with Crippen LogP contribution in [0.5, 0.6) is 5.75 Å². The van der Waals surface area contributed by atoms with E-state index in [9.17, 15) is 4.79 Å². The van der Waals surface area contributed by atoms with Gasteiger partial charge < -0.3 is 14.5 Å². The first-order valence-electron chi connectivity index (χ1n) is 8.55. The van der Waals surface area contributed by atoms with Crippen LogP contribution in [0.2, 0.25) is 0 Å². The average Bonchev–Trinajstić information content (AvgIpc) is 3.03. The van der Waals surface area contributed by atoms with Gasteiger partial charge in [0.05, 0.1) is 13.7 Å². The molecule has 0 aliphatic rings. The first-order chi connectivity index (χ1) is 12.5. The van der Waals surface area contributed by atoms with Crippen LogP contribution >= 0.6 is 11.8 Å². The van der Waals surface area contributed by atoms with E-state index < -0.39 is 4.75 Å². The molecule has 0 radical (unpaired) electrons. The third kappa shape index (κ3) is 4.41. The molecule has 3 rings (SSSR count). The predicted molar refractivity (Wildman–Crippen MR) is 106 cm³/mol. The topological polar surface area (TPSA) is 51.3 Å². The number of hydrogen-bond acceptors (Lipinski definition) is 4. The van der Waals surface area contributed by atoms with Crippen molar-refractivity contribution in [1.82, 2.24) is 4.98 Å². The second kappa shape index (κ2) is 7.87. The summed E-state index contributed by atoms with van der Waals surface area (Å²) in [4.78, 5) is 16.2. The molecular formula is C21H23NO3S. The van der Waals surface area contributed by atoms with Crippen molar-refractivity contribution in [2.75, 3.05) is 13.7 Å². The summed E-state index contributed by atoms with van der Waals surface area (Å²) in [5.74, 6) is 0.555. The maximum absolute atomic E-state index is 11.8. The fourth-order valence-electron chi connectivity index (χ4n) is 2.76. The lowest BCUT2D eigenvalue weighted by Crippen LogP contribution is -2.28. The third-order valence-electron chi connectivity index (χ3n) is 4.08. The van der Waals surface area contributed by atoms with E-state index in [1.807, 2.05) is 50.2 Å². The van der Waals surface area contributed by atoms with E-state index in [4.69, 9.17) is 9.47 Å². The summed E-state index contributed by atoms with van der Waals surface area (Å²) in [6.07, 6.45) is 0.805. The Morgan fingerprint density at radius 3 is 2.69 bits per heavy atom. The number of fused-ring (bicyclic) bond motifs is 1. The normalized spacial score (nSPS) is 11.5. The Kier molecular flexibility index (Phi) is 5.57. The van der Waals surface area contributed by atoms with Crippen LogP contribution in [0, 0.1) is 0 Å². The summed E-state index contributed by atoms with van der Waals surface area (Å²) in [6.45, 7) is 4.29. The summed E-state index contributed by atoms with van der Waals surface area (Å²) >= 11 is 1.46. The molecule has 1 heterocycles. The third-order valence-corrected chi connectivity index (χ3v) is 5.25. The lowest BCUT2D eigenvalue weighted by Gasteiger charge is -2.21. The van der Waals surface area contributed by atoms with Crippen molar-refractivity contribution in [2.45, 2.75) is 29.9 Å². The van der Waals surface area contributed by atoms with Gasteiger partial charge in [-0.25, -0.2) is 0 Å². The Morgan fingerprint density at radius 1 is 1.12 bits per heavy atom. The van der Waals surface area contributed by atoms with Crippen LogP contribution < -0.4 is 4.74 Å². The van der Waals surface area contributed by atoms with Crippen LogP contribution in [-0.4, -0.2) is 29.4 Å². The molecule has 136 valence electrons. The zero-order valence-electron chi connectivity index (χ0n) is 15.2. The predicted octanol–water partition coefficient (Wildman–Crippen LogP) is 4.83. The van der Waals surface area contributed by atoms with Gasteiger partial charge in [-0.3, -0.25) is 4.79 Å². The highest BCUT2D eigenvalue weighted by molar-refractivity contribution is 8.01. The van der Waals surface area contributed by atoms with E-state index in [1.54, 1.807) is 0 Å². The van der Waals surface area contributed by atoms with Gasteiger partial charge in [0.15, 0.2) is 0 Å². The average molecular weight is 369 g/mol. The molecule has 2 aromatic carbocycles. The molecule has 0 amide bonds. The molecule has 0 saturated carbocycles. The van der Waals surface area contributed by atoms with Gasteiger partial charge in [-0.05, 0) is 49.6 Å². The van der Waals surface area contributed by atoms with Crippen molar-refractivity contribution >= 4 is 28.6 Å². The zero-order valence-corrected chi connectivity index (χ0v) is 16.1. The van der Waals surface area contributed by atoms with Crippen LogP contribution in [0.4, 0.5) is 0 Å². The largest absolute Gasteiger partial charge is 0.493 e. The molecule has 0 aliphatic heterocycles. The van der Waals surface area contributed by atoms with E-state index in [0.717, 1.165) is 28.3 Å². The molecular weight excluding hydrogens is 346 g/mol. The molecule has 0 bridgehead atoms. The first kappa shape index (κ1) is 18.4. The molecule has 3 aromatic rings. The molecule has 26 heavy (non-hydrogen) atoms. The van der Waals surface area contributed by atoms with Crippen molar-refractivity contribution < 1.29 is 14.3 Å². The number of benzene rings is 2. The molecule has 0 unspecified atom stereocenters. The summed E-state index contributed by atoms with van der Waals surface area (Å²) in [5.41, 5.74) is 2.30. The molecule has 4 nitrogen and oxygen atoms in total. The highest BCUT2D eigenvalue weighted by atomic mass is 32.2. The van der Waals surface area contributed by atoms with E-state index in [0.29, 0.717) is 6.61 Å². The standard InChI is InChI=1S/C21H23NO3S/c1-21(2,20(23)24-3)26-18-9-6-8-17(14-18)25-12-11-16-13-15-7-4-5-10-19(15)22-16/h4-10,13-14,22H,11-12H2,1-3H3. The number of aromatic nitrogens is 1. The number of methoxy groups -OCH3 is 1. The quantitative estimate of drug-likeness (QED) is 0.479. The Balaban J connectivity index is 1.59. The minimum absolute atomic E-state index is 0.243. The SMILES string of the molecule is COC(=O)C(C)(C)Sc1cccc(OCCc2cc3ccccc3[nH]2)c1. The van der Waals surface area contributed by atoms with Crippen LogP contribution in [0.1, 0.15) is 19.5 Å². The zero-order chi connectivity index (χ0) is 18.6. The second-order valence-electron chi connectivity index (χ2n) is 6.56. The minimum Gasteiger partial charge on any atom is -0.493 e. The van der Waals surface area contributed by atoms with Gasteiger partial charge in [0.1, 0.15) is 10.5 Å². The summed E-state index contributed by atoms with van der Waals surface area (Å²) in [6, 6.07) is 18.2. The summed E-state index contributed by atoms with van der Waals surface area (Å²) in [7, 11) is 1.41. The molecule has 0 fully saturated rings. The fraction of sp³-hybridized carbons (Fsp3) is 0.286. The second-order valence-corrected chi connectivity index (χ2v) is 8.26. The van der Waals surface area contributed by atoms with E-state index in [2.05, 4.69) is 23.2 Å². The Morgan fingerprint density at radius 2 is 1.92 bits per heavy atom. The minimum atomic E-state index is -0.641. The summed E-state index contributed by atoms with van der Waals surface area (Å²) in [5, 5.41) is 1.21. The van der Waals surface area contributed by atoms with Crippen LogP contribution in [0.3, 0.4) is 0 Å². The number of H-pyrrole nitrogens is 1. The summed E-state index contributed by atoms with van der Waals surface area (Å²) < 4.78 is 10.1. The van der Waals surface area contributed by atoms with E-state index in [1.165, 1.54) is 24.3 Å². The Bertz CT molecular complexity index is 868. The van der Waals surface area contributed by atoms with Crippen molar-refractivity contribution in [3.8, 4) is 5.75 Å². The smallest absolute Gasteiger partial charge is 0.321 e. The lowest BCUT2D eigenvalue weighted by atomic mass is 10.2. The van der Waals surface area contributed by atoms with E-state index in [-0.39, 0.29) is 5.97 Å². The number of nitrogens with one attached hydrogen (secondary N) is 1. The van der Waals surface area contributed by atoms with Gasteiger partial charge in [-0.15, -0.1) is 11.8 Å². The highest BCUT2D eigenvalue weighted by Crippen LogP contribution is 2.35. The van der Waals surface area contributed by atoms with Gasteiger partial charge in [0, 0.05) is 22.5 Å². The van der Waals surface area contributed by atoms with Crippen LogP contribution in [-0.2, 0) is 16.0 Å². The molecule has 0 aliphatic carbocycles. The maximum atomic E-state index is 11.8. The Hall–Kier alpha value is -2.40. The Labute approximate surface area is 157 Å². The molecule has 0 saturated heterocycles. The van der Waals surface area contributed by atoms with Gasteiger partial charge in [-0.1, -0.05) is 24.3 Å². The van der Waals surface area contributed by atoms with Crippen molar-refractivity contribution in [3.63, 3.8) is 0 Å². The van der Waals surface area contributed by atoms with Crippen molar-refractivity contribution in [2.24, 2.45) is 0 Å². The van der Waals surface area contributed by atoms with Crippen molar-refractivity contribution in [1.29, 1.82) is 0 Å². The first-order valence-corrected chi connectivity index (χ1v) is 9.36. The molecule has 5 heteroatoms. The van der Waals surface area contributed by atoms with Crippen molar-refractivity contribution in [3.05, 3.63) is 60.3 Å². The highest BCUT2D eigenvalue weighted by Gasteiger charge is 2.30. The van der Waals surface area contributed by atoms with Gasteiger partial charge in [0.2, 0.25) is 0 Å². The lowest BCUT2D eigenvalue weighted by molar-refractivity contribution is -0.142. The number of carbonyl (C=O) groups excluding carboxylic acids is 1. The molecule has 1 aromatic heterocycles. The number of rotatable bonds is 7. The fourth-order valence-corrected chi connectivity index (χ4v) is 3.83. The number of thioether (sulfide) groups is 1. The number of esters is 1. The van der Waals surface area contributed by atoms with Crippen LogP contribution in [0.25, 0.3) is 10.9 Å². The van der Waals surface area contributed by atoms with Gasteiger partial charge >= 0.3 is 5.97 Å². The molecule has 1 N–H and O–H groups in total. The molecule has 0 atom stereocenters. The van der Waals surface area contributed by atoms with Gasteiger partial charge in [0.25, 0.3) is 0 Å². The van der Waals surface area contributed by atoms with Gasteiger partial charge in [-0.2, -0.15) is 0 Å². The monoisotopic (exact) mass is 369 g/mol. The number of aromatic amines is 1. The number of para-hydroxylation sites is 1. The maximum Gasteiger partial charge on any atom is 0.321 e. The number of ether oxygens (including phenoxy) is 2.